The van der Waals surface area contributed by atoms with Gasteiger partial charge in [-0.2, -0.15) is 0 Å². The van der Waals surface area contributed by atoms with Crippen LogP contribution in [0.15, 0.2) is 72.8 Å². The third-order valence-electron chi connectivity index (χ3n) is 4.35. The second-order valence-corrected chi connectivity index (χ2v) is 5.96. The average Bonchev–Trinajstić information content (AvgIpc) is 2.59. The van der Waals surface area contributed by atoms with E-state index in [1.807, 2.05) is 0 Å². The van der Waals surface area contributed by atoms with Crippen LogP contribution >= 0.6 is 0 Å². The third kappa shape index (κ3) is 2.33. The maximum atomic E-state index is 3.61. The minimum absolute atomic E-state index is 1.11. The van der Waals surface area contributed by atoms with Crippen LogP contribution in [-0.2, 0) is 7.05 Å². The summed E-state index contributed by atoms with van der Waals surface area (Å²) in [7, 11) is 2.12. The van der Waals surface area contributed by atoms with Gasteiger partial charge >= 0.3 is 0 Å². The van der Waals surface area contributed by atoms with Crippen LogP contribution in [0.3, 0.4) is 0 Å². The van der Waals surface area contributed by atoms with E-state index >= 15 is 0 Å². The molecular weight excluding hydrogens is 280 g/mol. The summed E-state index contributed by atoms with van der Waals surface area (Å²) >= 11 is 0. The van der Waals surface area contributed by atoms with E-state index in [0.29, 0.717) is 0 Å². The molecular formula is C21H19N2+. The fourth-order valence-corrected chi connectivity index (χ4v) is 3.23. The summed E-state index contributed by atoms with van der Waals surface area (Å²) in [6.07, 6.45) is 0. The monoisotopic (exact) mass is 299 g/mol. The van der Waals surface area contributed by atoms with Crippen LogP contribution in [0.1, 0.15) is 5.56 Å². The molecule has 2 heteroatoms. The fraction of sp³-hybridized carbons (Fsp3) is 0.0952. The highest BCUT2D eigenvalue weighted by Crippen LogP contribution is 2.29. The standard InChI is InChI=1S/C21H18N2/c1-15-8-7-9-16(14-15)22-21-19-12-4-3-10-17(19)18-11-5-6-13-20(18)23(21)2/h3-14H,1-2H3/p+1. The van der Waals surface area contributed by atoms with Gasteiger partial charge in [-0.3, -0.25) is 0 Å². The second-order valence-electron chi connectivity index (χ2n) is 5.96. The maximum Gasteiger partial charge on any atom is 0.287 e. The zero-order chi connectivity index (χ0) is 15.8. The summed E-state index contributed by atoms with van der Waals surface area (Å²) in [6, 6.07) is 25.6. The number of pyridine rings is 1. The lowest BCUT2D eigenvalue weighted by Crippen LogP contribution is -2.33. The van der Waals surface area contributed by atoms with Gasteiger partial charge in [-0.25, -0.2) is 9.88 Å². The molecule has 0 radical (unpaired) electrons. The lowest BCUT2D eigenvalue weighted by molar-refractivity contribution is -0.628. The number of benzene rings is 3. The number of anilines is 2. The molecule has 0 amide bonds. The number of fused-ring (bicyclic) bond motifs is 3. The first-order valence-corrected chi connectivity index (χ1v) is 7.87. The molecule has 0 fully saturated rings. The topological polar surface area (TPSA) is 15.9 Å². The normalized spacial score (nSPS) is 11.0. The Balaban J connectivity index is 2.02. The van der Waals surface area contributed by atoms with Crippen molar-refractivity contribution in [1.82, 2.24) is 0 Å². The number of hydrogen-bond acceptors (Lipinski definition) is 1. The molecule has 0 spiro atoms. The van der Waals surface area contributed by atoms with Crippen LogP contribution in [0.25, 0.3) is 21.7 Å². The number of nitrogens with zero attached hydrogens (tertiary/aromatic N) is 1. The summed E-state index contributed by atoms with van der Waals surface area (Å²) < 4.78 is 2.24. The highest BCUT2D eigenvalue weighted by atomic mass is 15.1. The zero-order valence-corrected chi connectivity index (χ0v) is 13.4. The number of para-hydroxylation sites is 1. The van der Waals surface area contributed by atoms with E-state index in [-0.39, 0.29) is 0 Å². The van der Waals surface area contributed by atoms with Gasteiger partial charge in [-0.15, -0.1) is 0 Å². The van der Waals surface area contributed by atoms with E-state index in [1.54, 1.807) is 0 Å². The molecule has 4 rings (SSSR count). The Bertz CT molecular complexity index is 1020. The largest absolute Gasteiger partial charge is 0.287 e. The van der Waals surface area contributed by atoms with Gasteiger partial charge in [-0.1, -0.05) is 48.5 Å². The Morgan fingerprint density at radius 3 is 2.22 bits per heavy atom. The predicted octanol–water partition coefficient (Wildman–Crippen LogP) is 4.87. The lowest BCUT2D eigenvalue weighted by atomic mass is 10.1. The minimum Gasteiger partial charge on any atom is -0.240 e. The molecule has 1 N–H and O–H groups in total. The van der Waals surface area contributed by atoms with Crippen LogP contribution in [0.4, 0.5) is 11.5 Å². The SMILES string of the molecule is Cc1cccc(Nc2c3ccccc3c3ccccc3[n+]2C)c1. The Labute approximate surface area is 136 Å². The van der Waals surface area contributed by atoms with Gasteiger partial charge in [0, 0.05) is 10.8 Å². The maximum absolute atomic E-state index is 3.61. The second kappa shape index (κ2) is 5.40. The van der Waals surface area contributed by atoms with Crippen molar-refractivity contribution in [2.75, 3.05) is 5.32 Å². The first-order chi connectivity index (χ1) is 11.2. The van der Waals surface area contributed by atoms with Crippen LogP contribution in [0.2, 0.25) is 0 Å². The first kappa shape index (κ1) is 13.8. The van der Waals surface area contributed by atoms with Gasteiger partial charge in [0.15, 0.2) is 0 Å². The summed E-state index contributed by atoms with van der Waals surface area (Å²) in [4.78, 5) is 0. The number of hydrogen-bond donors (Lipinski definition) is 1. The molecule has 4 aromatic rings. The van der Waals surface area contributed by atoms with E-state index in [0.717, 1.165) is 11.5 Å². The number of rotatable bonds is 2. The van der Waals surface area contributed by atoms with Crippen molar-refractivity contribution in [2.24, 2.45) is 7.05 Å². The van der Waals surface area contributed by atoms with Crippen molar-refractivity contribution in [2.45, 2.75) is 6.92 Å². The molecule has 3 aromatic carbocycles. The molecule has 0 bridgehead atoms. The summed E-state index contributed by atoms with van der Waals surface area (Å²) in [5, 5.41) is 7.40. The van der Waals surface area contributed by atoms with Gasteiger partial charge < -0.3 is 0 Å². The quantitative estimate of drug-likeness (QED) is 0.412. The minimum atomic E-state index is 1.11. The van der Waals surface area contributed by atoms with Crippen molar-refractivity contribution in [3.63, 3.8) is 0 Å². The molecule has 0 aliphatic carbocycles. The molecule has 0 aliphatic rings. The Hall–Kier alpha value is -2.87. The van der Waals surface area contributed by atoms with Crippen LogP contribution in [-0.4, -0.2) is 0 Å². The highest BCUT2D eigenvalue weighted by molar-refractivity contribution is 6.08. The Morgan fingerprint density at radius 2 is 1.43 bits per heavy atom. The van der Waals surface area contributed by atoms with Crippen LogP contribution in [0, 0.1) is 6.92 Å². The van der Waals surface area contributed by atoms with Crippen molar-refractivity contribution >= 4 is 33.2 Å². The van der Waals surface area contributed by atoms with Crippen molar-refractivity contribution < 1.29 is 4.57 Å². The van der Waals surface area contributed by atoms with E-state index in [4.69, 9.17) is 0 Å². The van der Waals surface area contributed by atoms with E-state index in [9.17, 15) is 0 Å². The summed E-state index contributed by atoms with van der Waals surface area (Å²) in [6.45, 7) is 2.11. The zero-order valence-electron chi connectivity index (χ0n) is 13.4. The Morgan fingerprint density at radius 1 is 0.739 bits per heavy atom. The predicted molar refractivity (Wildman–Crippen MR) is 97.1 cm³/mol. The van der Waals surface area contributed by atoms with E-state index in [2.05, 4.69) is 96.7 Å². The summed E-state index contributed by atoms with van der Waals surface area (Å²) in [5.74, 6) is 1.12. The van der Waals surface area contributed by atoms with Crippen LogP contribution < -0.4 is 9.88 Å². The summed E-state index contributed by atoms with van der Waals surface area (Å²) in [5.41, 5.74) is 3.59. The van der Waals surface area contributed by atoms with E-state index < -0.39 is 0 Å². The number of nitrogens with one attached hydrogen (secondary N) is 1. The molecule has 23 heavy (non-hydrogen) atoms. The van der Waals surface area contributed by atoms with E-state index in [1.165, 1.54) is 27.2 Å². The molecule has 0 unspecified atom stereocenters. The molecule has 1 aromatic heterocycles. The van der Waals surface area contributed by atoms with Gasteiger partial charge in [-0.05, 0) is 36.8 Å². The number of aryl methyl sites for hydroxylation is 2. The van der Waals surface area contributed by atoms with Gasteiger partial charge in [0.05, 0.1) is 12.4 Å². The van der Waals surface area contributed by atoms with Crippen molar-refractivity contribution in [3.05, 3.63) is 78.4 Å². The van der Waals surface area contributed by atoms with Crippen LogP contribution in [0.5, 0.6) is 0 Å². The smallest absolute Gasteiger partial charge is 0.240 e. The molecule has 1 heterocycles. The molecule has 0 saturated heterocycles. The lowest BCUT2D eigenvalue weighted by Gasteiger charge is -2.11. The first-order valence-electron chi connectivity index (χ1n) is 7.87. The molecule has 112 valence electrons. The average molecular weight is 299 g/mol. The fourth-order valence-electron chi connectivity index (χ4n) is 3.23. The molecule has 0 saturated carbocycles. The third-order valence-corrected chi connectivity index (χ3v) is 4.35. The van der Waals surface area contributed by atoms with Crippen molar-refractivity contribution in [1.29, 1.82) is 0 Å². The van der Waals surface area contributed by atoms with Gasteiger partial charge in [0.1, 0.15) is 11.2 Å². The van der Waals surface area contributed by atoms with Gasteiger partial charge in [0.2, 0.25) is 0 Å². The Kier molecular flexibility index (Phi) is 3.23. The highest BCUT2D eigenvalue weighted by Gasteiger charge is 2.17. The molecule has 2 nitrogen and oxygen atoms in total. The van der Waals surface area contributed by atoms with Crippen molar-refractivity contribution in [3.8, 4) is 0 Å². The molecule has 0 atom stereocenters. The molecule has 0 aliphatic heterocycles. The number of aromatic nitrogens is 1. The van der Waals surface area contributed by atoms with Gasteiger partial charge in [0.25, 0.3) is 5.82 Å².